The van der Waals surface area contributed by atoms with E-state index in [1.54, 1.807) is 19.9 Å². The second-order valence-electron chi connectivity index (χ2n) is 3.90. The quantitative estimate of drug-likeness (QED) is 0.660. The van der Waals surface area contributed by atoms with Gasteiger partial charge in [0.1, 0.15) is 0 Å². The molecule has 0 aliphatic carbocycles. The molecule has 0 spiro atoms. The number of benzene rings is 1. The van der Waals surface area contributed by atoms with Crippen molar-refractivity contribution in [1.29, 1.82) is 0 Å². The highest BCUT2D eigenvalue weighted by Gasteiger charge is 2.18. The highest BCUT2D eigenvalue weighted by molar-refractivity contribution is 9.10. The van der Waals surface area contributed by atoms with Gasteiger partial charge in [0.15, 0.2) is 0 Å². The molecule has 6 heteroatoms. The van der Waals surface area contributed by atoms with Crippen LogP contribution in [-0.2, 0) is 10.0 Å². The first-order valence-electron chi connectivity index (χ1n) is 4.93. The van der Waals surface area contributed by atoms with Crippen LogP contribution >= 0.6 is 15.9 Å². The smallest absolute Gasteiger partial charge is 0.241 e. The van der Waals surface area contributed by atoms with Gasteiger partial charge in [-0.1, -0.05) is 28.1 Å². The van der Waals surface area contributed by atoms with E-state index in [-0.39, 0.29) is 11.4 Å². The second-order valence-corrected chi connectivity index (χ2v) is 6.55. The van der Waals surface area contributed by atoms with Crippen molar-refractivity contribution in [3.8, 4) is 0 Å². The van der Waals surface area contributed by atoms with Crippen molar-refractivity contribution in [3.05, 3.63) is 34.3 Å². The van der Waals surface area contributed by atoms with Gasteiger partial charge in [-0.25, -0.2) is 13.1 Å². The Morgan fingerprint density at radius 3 is 2.65 bits per heavy atom. The van der Waals surface area contributed by atoms with Gasteiger partial charge in [-0.3, -0.25) is 0 Å². The Bertz CT molecular complexity index is 553. The molecule has 0 fully saturated rings. The SMILES string of the molecule is C=C(C)CNS(=O)(=O)c1cc(Br)cc(N)c1C. The zero-order valence-corrected chi connectivity index (χ0v) is 12.2. The van der Waals surface area contributed by atoms with E-state index in [9.17, 15) is 8.42 Å². The minimum atomic E-state index is -3.55. The molecule has 0 aliphatic heterocycles. The van der Waals surface area contributed by atoms with Gasteiger partial charge in [-0.15, -0.1) is 0 Å². The number of sulfonamides is 1. The Morgan fingerprint density at radius 1 is 1.53 bits per heavy atom. The summed E-state index contributed by atoms with van der Waals surface area (Å²) in [5.74, 6) is 0. The normalized spacial score (nSPS) is 11.5. The van der Waals surface area contributed by atoms with Crippen molar-refractivity contribution < 1.29 is 8.42 Å². The number of hydrogen-bond acceptors (Lipinski definition) is 3. The predicted octanol–water partition coefficient (Wildman–Crippen LogP) is 2.19. The minimum absolute atomic E-state index is 0.186. The summed E-state index contributed by atoms with van der Waals surface area (Å²) >= 11 is 3.23. The summed E-state index contributed by atoms with van der Waals surface area (Å²) in [7, 11) is -3.55. The van der Waals surface area contributed by atoms with Crippen molar-refractivity contribution in [1.82, 2.24) is 4.72 Å². The summed E-state index contributed by atoms with van der Waals surface area (Å²) in [6, 6.07) is 3.21. The zero-order valence-electron chi connectivity index (χ0n) is 9.75. The standard InChI is InChI=1S/C11H15BrN2O2S/c1-7(2)6-14-17(15,16)11-5-9(12)4-10(13)8(11)3/h4-5,14H,1,6,13H2,2-3H3. The highest BCUT2D eigenvalue weighted by Crippen LogP contribution is 2.26. The van der Waals surface area contributed by atoms with Crippen molar-refractivity contribution in [2.75, 3.05) is 12.3 Å². The van der Waals surface area contributed by atoms with Crippen LogP contribution < -0.4 is 10.5 Å². The lowest BCUT2D eigenvalue weighted by Crippen LogP contribution is -2.26. The molecule has 0 bridgehead atoms. The van der Waals surface area contributed by atoms with Gasteiger partial charge in [0.05, 0.1) is 4.90 Å². The van der Waals surface area contributed by atoms with E-state index in [0.29, 0.717) is 15.7 Å². The van der Waals surface area contributed by atoms with E-state index in [1.165, 1.54) is 6.07 Å². The molecule has 3 N–H and O–H groups in total. The molecule has 4 nitrogen and oxygen atoms in total. The van der Waals surface area contributed by atoms with Crippen LogP contribution in [0.1, 0.15) is 12.5 Å². The lowest BCUT2D eigenvalue weighted by Gasteiger charge is -2.11. The first kappa shape index (κ1) is 14.2. The summed E-state index contributed by atoms with van der Waals surface area (Å²) < 4.78 is 27.2. The Labute approximate surface area is 110 Å². The van der Waals surface area contributed by atoms with Crippen LogP contribution in [0.4, 0.5) is 5.69 Å². The van der Waals surface area contributed by atoms with E-state index < -0.39 is 10.0 Å². The molecule has 0 saturated heterocycles. The van der Waals surface area contributed by atoms with Gasteiger partial charge >= 0.3 is 0 Å². The summed E-state index contributed by atoms with van der Waals surface area (Å²) in [5.41, 5.74) is 7.46. The molecular formula is C11H15BrN2O2S. The molecule has 0 aliphatic rings. The van der Waals surface area contributed by atoms with Crippen LogP contribution in [-0.4, -0.2) is 15.0 Å². The van der Waals surface area contributed by atoms with Gasteiger partial charge in [0, 0.05) is 16.7 Å². The maximum Gasteiger partial charge on any atom is 0.241 e. The molecule has 94 valence electrons. The number of nitrogens with one attached hydrogen (secondary N) is 1. The van der Waals surface area contributed by atoms with E-state index in [0.717, 1.165) is 5.57 Å². The molecule has 1 aromatic rings. The third kappa shape index (κ3) is 3.55. The molecule has 0 heterocycles. The van der Waals surface area contributed by atoms with Gasteiger partial charge in [-0.05, 0) is 31.5 Å². The zero-order chi connectivity index (χ0) is 13.2. The van der Waals surface area contributed by atoms with E-state index in [2.05, 4.69) is 27.2 Å². The Hall–Kier alpha value is -0.850. The lowest BCUT2D eigenvalue weighted by atomic mass is 10.2. The van der Waals surface area contributed by atoms with Crippen LogP contribution in [0.2, 0.25) is 0 Å². The van der Waals surface area contributed by atoms with Gasteiger partial charge < -0.3 is 5.73 Å². The number of hydrogen-bond donors (Lipinski definition) is 2. The molecule has 0 atom stereocenters. The fourth-order valence-corrected chi connectivity index (χ4v) is 3.27. The summed E-state index contributed by atoms with van der Waals surface area (Å²) in [6.45, 7) is 7.30. The van der Waals surface area contributed by atoms with Crippen LogP contribution in [0.15, 0.2) is 33.7 Å². The highest BCUT2D eigenvalue weighted by atomic mass is 79.9. The number of rotatable bonds is 4. The molecule has 0 unspecified atom stereocenters. The van der Waals surface area contributed by atoms with Crippen molar-refractivity contribution in [2.24, 2.45) is 0 Å². The molecule has 1 aromatic carbocycles. The fraction of sp³-hybridized carbons (Fsp3) is 0.273. The number of nitrogens with two attached hydrogens (primary N) is 1. The average molecular weight is 319 g/mol. The first-order valence-corrected chi connectivity index (χ1v) is 7.21. The Balaban J connectivity index is 3.19. The summed E-state index contributed by atoms with van der Waals surface area (Å²) in [6.07, 6.45) is 0. The van der Waals surface area contributed by atoms with E-state index >= 15 is 0 Å². The number of halogens is 1. The molecule has 0 radical (unpaired) electrons. The predicted molar refractivity (Wildman–Crippen MR) is 73.3 cm³/mol. The molecule has 0 amide bonds. The van der Waals surface area contributed by atoms with Crippen molar-refractivity contribution in [2.45, 2.75) is 18.7 Å². The first-order chi connectivity index (χ1) is 7.74. The Kier molecular flexibility index (Phi) is 4.35. The minimum Gasteiger partial charge on any atom is -0.398 e. The van der Waals surface area contributed by atoms with Crippen molar-refractivity contribution in [3.63, 3.8) is 0 Å². The second kappa shape index (κ2) is 5.20. The molecule has 1 rings (SSSR count). The summed E-state index contributed by atoms with van der Waals surface area (Å²) in [4.78, 5) is 0.186. The summed E-state index contributed by atoms with van der Waals surface area (Å²) in [5, 5.41) is 0. The number of anilines is 1. The van der Waals surface area contributed by atoms with Crippen LogP contribution in [0.25, 0.3) is 0 Å². The molecule has 0 saturated carbocycles. The van der Waals surface area contributed by atoms with Gasteiger partial charge in [0.25, 0.3) is 0 Å². The van der Waals surface area contributed by atoms with Crippen LogP contribution in [0.5, 0.6) is 0 Å². The number of nitrogen functional groups attached to an aromatic ring is 1. The maximum absolute atomic E-state index is 12.0. The molecule has 0 aromatic heterocycles. The third-order valence-electron chi connectivity index (χ3n) is 2.22. The topological polar surface area (TPSA) is 72.2 Å². The molecular weight excluding hydrogens is 304 g/mol. The lowest BCUT2D eigenvalue weighted by molar-refractivity contribution is 0.584. The largest absolute Gasteiger partial charge is 0.398 e. The average Bonchev–Trinajstić information content (AvgIpc) is 2.20. The van der Waals surface area contributed by atoms with E-state index in [4.69, 9.17) is 5.73 Å². The van der Waals surface area contributed by atoms with E-state index in [1.807, 2.05) is 0 Å². The maximum atomic E-state index is 12.0. The molecule has 17 heavy (non-hydrogen) atoms. The van der Waals surface area contributed by atoms with Crippen LogP contribution in [0.3, 0.4) is 0 Å². The van der Waals surface area contributed by atoms with Gasteiger partial charge in [0.2, 0.25) is 10.0 Å². The van der Waals surface area contributed by atoms with Gasteiger partial charge in [-0.2, -0.15) is 0 Å². The van der Waals surface area contributed by atoms with Crippen LogP contribution in [0, 0.1) is 6.92 Å². The van der Waals surface area contributed by atoms with Crippen molar-refractivity contribution >= 4 is 31.6 Å². The monoisotopic (exact) mass is 318 g/mol. The Morgan fingerprint density at radius 2 is 2.12 bits per heavy atom. The third-order valence-corrected chi connectivity index (χ3v) is 4.20. The fourth-order valence-electron chi connectivity index (χ4n) is 1.25.